The van der Waals surface area contributed by atoms with Crippen LogP contribution in [0.25, 0.3) is 0 Å². The molecule has 0 bridgehead atoms. The molecule has 0 spiro atoms. The van der Waals surface area contributed by atoms with Crippen molar-refractivity contribution in [2.24, 2.45) is 5.73 Å². The first kappa shape index (κ1) is 11.4. The number of benzene rings is 1. The minimum absolute atomic E-state index is 0.0829. The van der Waals surface area contributed by atoms with E-state index in [1.165, 1.54) is 0 Å². The maximum atomic E-state index is 12.1. The van der Waals surface area contributed by atoms with E-state index in [0.29, 0.717) is 6.42 Å². The van der Waals surface area contributed by atoms with E-state index in [4.69, 9.17) is 5.73 Å². The Morgan fingerprint density at radius 3 is 2.94 bits per heavy atom. The molecule has 0 aliphatic carbocycles. The van der Waals surface area contributed by atoms with Gasteiger partial charge in [0.15, 0.2) is 0 Å². The number of rotatable bonds is 2. The summed E-state index contributed by atoms with van der Waals surface area (Å²) in [6, 6.07) is 5.71. The molecule has 2 rings (SSSR count). The minimum atomic E-state index is -0.963. The molecule has 1 atom stereocenters. The molecule has 0 saturated heterocycles. The van der Waals surface area contributed by atoms with Crippen molar-refractivity contribution in [3.05, 3.63) is 40.9 Å². The maximum Gasteiger partial charge on any atom is 0.251 e. The molecule has 0 radical (unpaired) electrons. The highest BCUT2D eigenvalue weighted by atomic mass is 79.9. The summed E-state index contributed by atoms with van der Waals surface area (Å²) in [4.78, 5) is 13.7. The average molecular weight is 281 g/mol. The van der Waals surface area contributed by atoms with Gasteiger partial charge in [-0.3, -0.25) is 4.79 Å². The van der Waals surface area contributed by atoms with Gasteiger partial charge >= 0.3 is 0 Å². The van der Waals surface area contributed by atoms with E-state index in [-0.39, 0.29) is 5.91 Å². The first-order valence-electron chi connectivity index (χ1n) is 4.98. The van der Waals surface area contributed by atoms with Crippen molar-refractivity contribution in [1.29, 1.82) is 0 Å². The number of fused-ring (bicyclic) bond motifs is 1. The van der Waals surface area contributed by atoms with E-state index in [9.17, 15) is 4.79 Å². The summed E-state index contributed by atoms with van der Waals surface area (Å²) in [5.74, 6) is -0.0829. The molecule has 0 fully saturated rings. The fraction of sp³-hybridized carbons (Fsp3) is 0.250. The molecule has 0 saturated carbocycles. The number of likely N-dealkylation sites (N-methyl/N-ethyl adjacent to an activating group) is 1. The Morgan fingerprint density at radius 2 is 2.31 bits per heavy atom. The monoisotopic (exact) mass is 280 g/mol. The van der Waals surface area contributed by atoms with E-state index in [1.807, 2.05) is 18.2 Å². The Hall–Kier alpha value is -1.13. The molecule has 4 heteroatoms. The third-order valence-corrected chi connectivity index (χ3v) is 3.45. The van der Waals surface area contributed by atoms with Gasteiger partial charge in [-0.15, -0.1) is 6.58 Å². The standard InChI is InChI=1S/C12H13BrN2O/c1-3-6-12(14)9-7-8(13)4-5-10(9)15(2)11(12)16/h3-5,7H,1,6,14H2,2H3/t12-/m0/s1. The summed E-state index contributed by atoms with van der Waals surface area (Å²) in [7, 11) is 1.74. The summed E-state index contributed by atoms with van der Waals surface area (Å²) in [6.07, 6.45) is 2.13. The van der Waals surface area contributed by atoms with Crippen molar-refractivity contribution in [3.63, 3.8) is 0 Å². The van der Waals surface area contributed by atoms with Crippen molar-refractivity contribution in [2.45, 2.75) is 12.0 Å². The molecule has 84 valence electrons. The molecule has 16 heavy (non-hydrogen) atoms. The summed E-state index contributed by atoms with van der Waals surface area (Å²) in [6.45, 7) is 3.66. The topological polar surface area (TPSA) is 46.3 Å². The van der Waals surface area contributed by atoms with Crippen LogP contribution in [-0.2, 0) is 10.3 Å². The Kier molecular flexibility index (Phi) is 2.64. The van der Waals surface area contributed by atoms with Crippen LogP contribution in [0.1, 0.15) is 12.0 Å². The molecule has 1 aromatic carbocycles. The van der Waals surface area contributed by atoms with Crippen LogP contribution in [0.15, 0.2) is 35.3 Å². The largest absolute Gasteiger partial charge is 0.313 e. The first-order chi connectivity index (χ1) is 7.50. The number of anilines is 1. The van der Waals surface area contributed by atoms with Crippen LogP contribution in [0.2, 0.25) is 0 Å². The summed E-state index contributed by atoms with van der Waals surface area (Å²) in [5, 5.41) is 0. The number of nitrogens with two attached hydrogens (primary N) is 1. The fourth-order valence-electron chi connectivity index (χ4n) is 2.11. The predicted molar refractivity (Wildman–Crippen MR) is 68.2 cm³/mol. The normalized spacial score (nSPS) is 23.4. The van der Waals surface area contributed by atoms with Gasteiger partial charge in [0, 0.05) is 22.8 Å². The first-order valence-corrected chi connectivity index (χ1v) is 5.78. The van der Waals surface area contributed by atoms with Gasteiger partial charge in [0.25, 0.3) is 5.91 Å². The SMILES string of the molecule is C=CC[C@@]1(N)C(=O)N(C)c2ccc(Br)cc21. The third-order valence-electron chi connectivity index (χ3n) is 2.95. The van der Waals surface area contributed by atoms with E-state index in [0.717, 1.165) is 15.7 Å². The molecule has 0 aromatic heterocycles. The molecular weight excluding hydrogens is 268 g/mol. The Morgan fingerprint density at radius 1 is 1.62 bits per heavy atom. The van der Waals surface area contributed by atoms with Crippen LogP contribution in [0.5, 0.6) is 0 Å². The molecule has 2 N–H and O–H groups in total. The van der Waals surface area contributed by atoms with Crippen LogP contribution in [0, 0.1) is 0 Å². The van der Waals surface area contributed by atoms with Crippen LogP contribution in [0.3, 0.4) is 0 Å². The van der Waals surface area contributed by atoms with E-state index < -0.39 is 5.54 Å². The molecule has 1 amide bonds. The quantitative estimate of drug-likeness (QED) is 0.844. The van der Waals surface area contributed by atoms with Crippen LogP contribution < -0.4 is 10.6 Å². The lowest BCUT2D eigenvalue weighted by molar-refractivity contribution is -0.122. The summed E-state index contributed by atoms with van der Waals surface area (Å²) >= 11 is 3.40. The van der Waals surface area contributed by atoms with Crippen molar-refractivity contribution < 1.29 is 4.79 Å². The highest BCUT2D eigenvalue weighted by molar-refractivity contribution is 9.10. The van der Waals surface area contributed by atoms with Gasteiger partial charge in [-0.25, -0.2) is 0 Å². The zero-order valence-electron chi connectivity index (χ0n) is 9.03. The van der Waals surface area contributed by atoms with Crippen LogP contribution >= 0.6 is 15.9 Å². The van der Waals surface area contributed by atoms with Crippen LogP contribution in [-0.4, -0.2) is 13.0 Å². The van der Waals surface area contributed by atoms with Gasteiger partial charge in [-0.05, 0) is 24.6 Å². The number of carbonyl (C=O) groups is 1. The smallest absolute Gasteiger partial charge is 0.251 e. The molecule has 1 aliphatic rings. The number of halogens is 1. The lowest BCUT2D eigenvalue weighted by Crippen LogP contribution is -2.45. The zero-order chi connectivity index (χ0) is 11.9. The lowest BCUT2D eigenvalue weighted by Gasteiger charge is -2.21. The van der Waals surface area contributed by atoms with Crippen LogP contribution in [0.4, 0.5) is 5.69 Å². The number of hydrogen-bond donors (Lipinski definition) is 1. The number of hydrogen-bond acceptors (Lipinski definition) is 2. The molecule has 1 heterocycles. The van der Waals surface area contributed by atoms with Gasteiger partial charge in [0.05, 0.1) is 0 Å². The number of nitrogens with zero attached hydrogens (tertiary/aromatic N) is 1. The Labute approximate surface area is 103 Å². The Balaban J connectivity index is 2.63. The van der Waals surface area contributed by atoms with Crippen molar-refractivity contribution >= 4 is 27.5 Å². The summed E-state index contributed by atoms with van der Waals surface area (Å²) < 4.78 is 0.924. The van der Waals surface area contributed by atoms with Gasteiger partial charge in [-0.1, -0.05) is 22.0 Å². The minimum Gasteiger partial charge on any atom is -0.313 e. The lowest BCUT2D eigenvalue weighted by atomic mass is 9.89. The van der Waals surface area contributed by atoms with Gasteiger partial charge in [-0.2, -0.15) is 0 Å². The Bertz CT molecular complexity index is 472. The second-order valence-corrected chi connectivity index (χ2v) is 4.91. The van der Waals surface area contributed by atoms with Gasteiger partial charge in [0.1, 0.15) is 5.54 Å². The highest BCUT2D eigenvalue weighted by Gasteiger charge is 2.45. The molecule has 1 aliphatic heterocycles. The predicted octanol–water partition coefficient (Wildman–Crippen LogP) is 2.16. The summed E-state index contributed by atoms with van der Waals surface area (Å²) in [5.41, 5.74) is 6.97. The van der Waals surface area contributed by atoms with Gasteiger partial charge in [0.2, 0.25) is 0 Å². The van der Waals surface area contributed by atoms with Gasteiger partial charge < -0.3 is 10.6 Å². The zero-order valence-corrected chi connectivity index (χ0v) is 10.6. The number of amides is 1. The molecule has 1 aromatic rings. The number of carbonyl (C=O) groups excluding carboxylic acids is 1. The van der Waals surface area contributed by atoms with Crippen molar-refractivity contribution in [2.75, 3.05) is 11.9 Å². The molecule has 3 nitrogen and oxygen atoms in total. The highest BCUT2D eigenvalue weighted by Crippen LogP contribution is 2.41. The molecular formula is C12H13BrN2O. The van der Waals surface area contributed by atoms with E-state index in [1.54, 1.807) is 18.0 Å². The third kappa shape index (κ3) is 1.41. The maximum absolute atomic E-state index is 12.1. The fourth-order valence-corrected chi connectivity index (χ4v) is 2.47. The second kappa shape index (κ2) is 3.71. The van der Waals surface area contributed by atoms with Crippen molar-refractivity contribution in [3.8, 4) is 0 Å². The molecule has 0 unspecified atom stereocenters. The second-order valence-electron chi connectivity index (χ2n) is 3.99. The average Bonchev–Trinajstić information content (AvgIpc) is 2.42. The van der Waals surface area contributed by atoms with E-state index >= 15 is 0 Å². The van der Waals surface area contributed by atoms with Crippen molar-refractivity contribution in [1.82, 2.24) is 0 Å². The van der Waals surface area contributed by atoms with E-state index in [2.05, 4.69) is 22.5 Å².